The summed E-state index contributed by atoms with van der Waals surface area (Å²) in [5.41, 5.74) is 5.94. The van der Waals surface area contributed by atoms with E-state index in [0.29, 0.717) is 0 Å². The van der Waals surface area contributed by atoms with Gasteiger partial charge in [-0.3, -0.25) is 0 Å². The van der Waals surface area contributed by atoms with Crippen LogP contribution in [0.5, 0.6) is 0 Å². The predicted octanol–water partition coefficient (Wildman–Crippen LogP) is 4.31. The Morgan fingerprint density at radius 2 is 1.94 bits per heavy atom. The molecule has 0 aromatic heterocycles. The van der Waals surface area contributed by atoms with Crippen LogP contribution in [-0.2, 0) is 0 Å². The summed E-state index contributed by atoms with van der Waals surface area (Å²) in [6.45, 7) is 5.50. The molecular formula is C15H31NS. The summed E-state index contributed by atoms with van der Waals surface area (Å²) in [6.07, 6.45) is 9.93. The summed E-state index contributed by atoms with van der Waals surface area (Å²) >= 11 is 2.09. The lowest BCUT2D eigenvalue weighted by Crippen LogP contribution is -2.30. The average Bonchev–Trinajstić information content (AvgIpc) is 2.35. The molecule has 0 heterocycles. The first-order chi connectivity index (χ1) is 8.31. The van der Waals surface area contributed by atoms with Gasteiger partial charge in [0.05, 0.1) is 0 Å². The minimum Gasteiger partial charge on any atom is -0.330 e. The molecule has 0 bridgehead atoms. The maximum atomic E-state index is 5.94. The van der Waals surface area contributed by atoms with E-state index in [1.54, 1.807) is 0 Å². The van der Waals surface area contributed by atoms with Crippen LogP contribution >= 0.6 is 11.8 Å². The fourth-order valence-corrected chi connectivity index (χ4v) is 4.01. The molecule has 1 fully saturated rings. The Labute approximate surface area is 112 Å². The minimum atomic E-state index is 0.828. The number of nitrogens with two attached hydrogens (primary N) is 1. The molecule has 17 heavy (non-hydrogen) atoms. The highest BCUT2D eigenvalue weighted by molar-refractivity contribution is 7.99. The molecule has 0 saturated heterocycles. The first-order valence-electron chi connectivity index (χ1n) is 7.59. The standard InChI is InChI=1S/C15H31NS/c1-3-6-13-8-9-15(12-16)14(11-13)7-5-10-17-4-2/h13-15H,3-12,16H2,1-2H3. The van der Waals surface area contributed by atoms with E-state index in [-0.39, 0.29) is 0 Å². The summed E-state index contributed by atoms with van der Waals surface area (Å²) in [6, 6.07) is 0. The zero-order valence-corrected chi connectivity index (χ0v) is 12.6. The van der Waals surface area contributed by atoms with Gasteiger partial charge in [-0.15, -0.1) is 0 Å². The summed E-state index contributed by atoms with van der Waals surface area (Å²) in [4.78, 5) is 0. The van der Waals surface area contributed by atoms with Crippen LogP contribution in [0.3, 0.4) is 0 Å². The summed E-state index contributed by atoms with van der Waals surface area (Å²) in [5, 5.41) is 0. The van der Waals surface area contributed by atoms with Crippen molar-refractivity contribution < 1.29 is 0 Å². The van der Waals surface area contributed by atoms with Gasteiger partial charge in [-0.1, -0.05) is 33.1 Å². The Balaban J connectivity index is 2.29. The average molecular weight is 257 g/mol. The Bertz CT molecular complexity index is 184. The third-order valence-electron chi connectivity index (χ3n) is 4.32. The molecule has 0 spiro atoms. The smallest absolute Gasteiger partial charge is 0.00462 e. The molecule has 0 radical (unpaired) electrons. The molecule has 1 aliphatic carbocycles. The van der Waals surface area contributed by atoms with E-state index in [1.807, 2.05) is 0 Å². The monoisotopic (exact) mass is 257 g/mol. The summed E-state index contributed by atoms with van der Waals surface area (Å²) < 4.78 is 0. The molecule has 0 aliphatic heterocycles. The number of hydrogen-bond donors (Lipinski definition) is 1. The lowest BCUT2D eigenvalue weighted by Gasteiger charge is -2.35. The Morgan fingerprint density at radius 3 is 2.59 bits per heavy atom. The normalized spacial score (nSPS) is 29.5. The number of thioether (sulfide) groups is 1. The van der Waals surface area contributed by atoms with Crippen molar-refractivity contribution in [3.05, 3.63) is 0 Å². The fraction of sp³-hybridized carbons (Fsp3) is 1.00. The quantitative estimate of drug-likeness (QED) is 0.656. The van der Waals surface area contributed by atoms with E-state index < -0.39 is 0 Å². The molecule has 1 nitrogen and oxygen atoms in total. The van der Waals surface area contributed by atoms with Gasteiger partial charge in [0.1, 0.15) is 0 Å². The highest BCUT2D eigenvalue weighted by Crippen LogP contribution is 2.38. The second-order valence-electron chi connectivity index (χ2n) is 5.56. The highest BCUT2D eigenvalue weighted by atomic mass is 32.2. The van der Waals surface area contributed by atoms with Crippen LogP contribution in [0, 0.1) is 17.8 Å². The van der Waals surface area contributed by atoms with Crippen LogP contribution in [0.1, 0.15) is 58.8 Å². The van der Waals surface area contributed by atoms with Crippen molar-refractivity contribution in [1.29, 1.82) is 0 Å². The Morgan fingerprint density at radius 1 is 1.12 bits per heavy atom. The van der Waals surface area contributed by atoms with Crippen molar-refractivity contribution in [1.82, 2.24) is 0 Å². The van der Waals surface area contributed by atoms with Gasteiger partial charge in [-0.2, -0.15) is 11.8 Å². The first kappa shape index (κ1) is 15.4. The topological polar surface area (TPSA) is 26.0 Å². The first-order valence-corrected chi connectivity index (χ1v) is 8.75. The van der Waals surface area contributed by atoms with Crippen LogP contribution in [-0.4, -0.2) is 18.1 Å². The van der Waals surface area contributed by atoms with Crippen molar-refractivity contribution in [2.24, 2.45) is 23.5 Å². The van der Waals surface area contributed by atoms with Crippen LogP contribution in [0.15, 0.2) is 0 Å². The SMILES string of the molecule is CCCC1CCC(CN)C(CCCSCC)C1. The van der Waals surface area contributed by atoms with E-state index >= 15 is 0 Å². The lowest BCUT2D eigenvalue weighted by atomic mass is 9.71. The van der Waals surface area contributed by atoms with Crippen LogP contribution in [0.25, 0.3) is 0 Å². The van der Waals surface area contributed by atoms with Gasteiger partial charge in [0.15, 0.2) is 0 Å². The van der Waals surface area contributed by atoms with Crippen LogP contribution in [0.2, 0.25) is 0 Å². The molecule has 3 atom stereocenters. The molecule has 3 unspecified atom stereocenters. The van der Waals surface area contributed by atoms with E-state index in [0.717, 1.165) is 24.3 Å². The third-order valence-corrected chi connectivity index (χ3v) is 5.30. The highest BCUT2D eigenvalue weighted by Gasteiger charge is 2.28. The second-order valence-corrected chi connectivity index (χ2v) is 6.96. The molecule has 2 heteroatoms. The molecule has 0 aromatic rings. The van der Waals surface area contributed by atoms with Crippen molar-refractivity contribution in [2.75, 3.05) is 18.1 Å². The van der Waals surface area contributed by atoms with Crippen LogP contribution < -0.4 is 5.73 Å². The zero-order valence-electron chi connectivity index (χ0n) is 11.8. The summed E-state index contributed by atoms with van der Waals surface area (Å²) in [5.74, 6) is 5.38. The van der Waals surface area contributed by atoms with E-state index in [4.69, 9.17) is 5.73 Å². The number of hydrogen-bond acceptors (Lipinski definition) is 2. The van der Waals surface area contributed by atoms with E-state index in [2.05, 4.69) is 25.6 Å². The lowest BCUT2D eigenvalue weighted by molar-refractivity contribution is 0.167. The molecule has 1 saturated carbocycles. The maximum Gasteiger partial charge on any atom is -0.00462 e. The largest absolute Gasteiger partial charge is 0.330 e. The molecule has 102 valence electrons. The van der Waals surface area contributed by atoms with Crippen LogP contribution in [0.4, 0.5) is 0 Å². The molecule has 1 rings (SSSR count). The van der Waals surface area contributed by atoms with Crippen molar-refractivity contribution >= 4 is 11.8 Å². The summed E-state index contributed by atoms with van der Waals surface area (Å²) in [7, 11) is 0. The van der Waals surface area contributed by atoms with Gasteiger partial charge in [-0.05, 0) is 61.5 Å². The van der Waals surface area contributed by atoms with Crippen molar-refractivity contribution in [3.8, 4) is 0 Å². The van der Waals surface area contributed by atoms with Gasteiger partial charge in [0, 0.05) is 0 Å². The maximum absolute atomic E-state index is 5.94. The van der Waals surface area contributed by atoms with Crippen molar-refractivity contribution in [2.45, 2.75) is 58.8 Å². The molecular weight excluding hydrogens is 226 g/mol. The third kappa shape index (κ3) is 5.65. The minimum absolute atomic E-state index is 0.828. The van der Waals surface area contributed by atoms with Gasteiger partial charge >= 0.3 is 0 Å². The number of rotatable bonds is 8. The zero-order chi connectivity index (χ0) is 12.5. The molecule has 0 aromatic carbocycles. The van der Waals surface area contributed by atoms with Gasteiger partial charge in [0.25, 0.3) is 0 Å². The Hall–Kier alpha value is 0.310. The molecule has 2 N–H and O–H groups in total. The predicted molar refractivity (Wildman–Crippen MR) is 80.5 cm³/mol. The van der Waals surface area contributed by atoms with Gasteiger partial charge in [-0.25, -0.2) is 0 Å². The second kappa shape index (κ2) is 9.27. The van der Waals surface area contributed by atoms with Gasteiger partial charge in [0.2, 0.25) is 0 Å². The van der Waals surface area contributed by atoms with E-state index in [9.17, 15) is 0 Å². The van der Waals surface area contributed by atoms with E-state index in [1.165, 1.54) is 56.5 Å². The fourth-order valence-electron chi connectivity index (χ4n) is 3.35. The molecule has 1 aliphatic rings. The Kier molecular flexibility index (Phi) is 8.38. The molecule has 0 amide bonds. The van der Waals surface area contributed by atoms with Gasteiger partial charge < -0.3 is 5.73 Å². The van der Waals surface area contributed by atoms with Crippen molar-refractivity contribution in [3.63, 3.8) is 0 Å².